The van der Waals surface area contributed by atoms with Crippen LogP contribution in [0.5, 0.6) is 0 Å². The second-order valence-electron chi connectivity index (χ2n) is 3.86. The SMILES string of the molecule is O=C(Cc1cc(Br)cs1)Cc1ccc(F)cc1F. The summed E-state index contributed by atoms with van der Waals surface area (Å²) in [5, 5.41) is 1.89. The first-order valence-electron chi connectivity index (χ1n) is 5.23. The van der Waals surface area contributed by atoms with Gasteiger partial charge in [0.25, 0.3) is 0 Å². The van der Waals surface area contributed by atoms with E-state index in [4.69, 9.17) is 0 Å². The summed E-state index contributed by atoms with van der Waals surface area (Å²) in [5.41, 5.74) is 0.233. The van der Waals surface area contributed by atoms with E-state index in [1.165, 1.54) is 17.4 Å². The lowest BCUT2D eigenvalue weighted by Crippen LogP contribution is -2.07. The second-order valence-corrected chi connectivity index (χ2v) is 5.77. The van der Waals surface area contributed by atoms with E-state index in [1.54, 1.807) is 0 Å². The number of thiophene rings is 1. The van der Waals surface area contributed by atoms with Crippen molar-refractivity contribution < 1.29 is 13.6 Å². The summed E-state index contributed by atoms with van der Waals surface area (Å²) in [6, 6.07) is 5.13. The van der Waals surface area contributed by atoms with Gasteiger partial charge in [0, 0.05) is 33.6 Å². The van der Waals surface area contributed by atoms with Crippen LogP contribution in [-0.4, -0.2) is 5.78 Å². The van der Waals surface area contributed by atoms with Gasteiger partial charge in [0.15, 0.2) is 0 Å². The Hall–Kier alpha value is -1.07. The Morgan fingerprint density at radius 2 is 2.00 bits per heavy atom. The molecule has 0 unspecified atom stereocenters. The minimum atomic E-state index is -0.671. The number of hydrogen-bond acceptors (Lipinski definition) is 2. The molecule has 0 aliphatic carbocycles. The van der Waals surface area contributed by atoms with Crippen LogP contribution in [0.2, 0.25) is 0 Å². The smallest absolute Gasteiger partial charge is 0.142 e. The van der Waals surface area contributed by atoms with E-state index >= 15 is 0 Å². The van der Waals surface area contributed by atoms with E-state index < -0.39 is 11.6 Å². The lowest BCUT2D eigenvalue weighted by molar-refractivity contribution is -0.117. The third kappa shape index (κ3) is 3.46. The number of halogens is 3. The predicted molar refractivity (Wildman–Crippen MR) is 70.8 cm³/mol. The zero-order valence-corrected chi connectivity index (χ0v) is 11.7. The summed E-state index contributed by atoms with van der Waals surface area (Å²) in [5.74, 6) is -1.39. The van der Waals surface area contributed by atoms with E-state index in [9.17, 15) is 13.6 Å². The van der Waals surface area contributed by atoms with Crippen molar-refractivity contribution in [2.24, 2.45) is 0 Å². The van der Waals surface area contributed by atoms with Gasteiger partial charge in [-0.3, -0.25) is 4.79 Å². The van der Waals surface area contributed by atoms with Gasteiger partial charge in [-0.2, -0.15) is 0 Å². The molecule has 0 aliphatic rings. The van der Waals surface area contributed by atoms with Crippen LogP contribution in [0.25, 0.3) is 0 Å². The molecule has 0 saturated carbocycles. The second kappa shape index (κ2) is 5.71. The minimum Gasteiger partial charge on any atom is -0.299 e. The van der Waals surface area contributed by atoms with Crippen molar-refractivity contribution in [1.82, 2.24) is 0 Å². The molecule has 1 aromatic heterocycles. The average molecular weight is 331 g/mol. The van der Waals surface area contributed by atoms with Crippen molar-refractivity contribution in [2.45, 2.75) is 12.8 Å². The summed E-state index contributed by atoms with van der Waals surface area (Å²) in [6.07, 6.45) is 0.259. The highest BCUT2D eigenvalue weighted by atomic mass is 79.9. The van der Waals surface area contributed by atoms with E-state index in [0.717, 1.165) is 21.5 Å². The van der Waals surface area contributed by atoms with Crippen LogP contribution >= 0.6 is 27.3 Å². The molecular weight excluding hydrogens is 322 g/mol. The maximum Gasteiger partial charge on any atom is 0.142 e. The van der Waals surface area contributed by atoms with Crippen LogP contribution in [-0.2, 0) is 17.6 Å². The Balaban J connectivity index is 2.03. The topological polar surface area (TPSA) is 17.1 Å². The normalized spacial score (nSPS) is 10.6. The van der Waals surface area contributed by atoms with Gasteiger partial charge in [0.2, 0.25) is 0 Å². The summed E-state index contributed by atoms with van der Waals surface area (Å²) < 4.78 is 27.0. The van der Waals surface area contributed by atoms with E-state index in [0.29, 0.717) is 0 Å². The zero-order valence-electron chi connectivity index (χ0n) is 9.25. The fourth-order valence-electron chi connectivity index (χ4n) is 1.58. The Kier molecular flexibility index (Phi) is 4.24. The third-order valence-electron chi connectivity index (χ3n) is 2.40. The number of Topliss-reactive ketones (excluding diaryl/α,β-unsaturated/α-hetero) is 1. The van der Waals surface area contributed by atoms with Crippen molar-refractivity contribution in [3.05, 3.63) is 56.2 Å². The summed E-state index contributed by atoms with van der Waals surface area (Å²) in [4.78, 5) is 12.7. The molecule has 0 fully saturated rings. The van der Waals surface area contributed by atoms with E-state index in [-0.39, 0.29) is 24.2 Å². The lowest BCUT2D eigenvalue weighted by atomic mass is 10.1. The largest absolute Gasteiger partial charge is 0.299 e. The number of carbonyl (C=O) groups excluding carboxylic acids is 1. The van der Waals surface area contributed by atoms with E-state index in [2.05, 4.69) is 15.9 Å². The van der Waals surface area contributed by atoms with Gasteiger partial charge >= 0.3 is 0 Å². The quantitative estimate of drug-likeness (QED) is 0.823. The molecule has 0 spiro atoms. The van der Waals surface area contributed by atoms with Gasteiger partial charge in [-0.05, 0) is 33.6 Å². The van der Waals surface area contributed by atoms with Crippen LogP contribution in [0.4, 0.5) is 8.78 Å². The first-order valence-corrected chi connectivity index (χ1v) is 6.90. The summed E-state index contributed by atoms with van der Waals surface area (Å²) in [7, 11) is 0. The highest BCUT2D eigenvalue weighted by Gasteiger charge is 2.11. The molecular formula is C13H9BrF2OS. The average Bonchev–Trinajstić information content (AvgIpc) is 2.68. The molecule has 0 saturated heterocycles. The molecule has 0 N–H and O–H groups in total. The number of benzene rings is 1. The van der Waals surface area contributed by atoms with Gasteiger partial charge in [-0.15, -0.1) is 11.3 Å². The minimum absolute atomic E-state index is 0.0123. The summed E-state index contributed by atoms with van der Waals surface area (Å²) >= 11 is 4.78. The van der Waals surface area contributed by atoms with Gasteiger partial charge in [0.1, 0.15) is 17.4 Å². The van der Waals surface area contributed by atoms with Crippen LogP contribution in [0.1, 0.15) is 10.4 Å². The van der Waals surface area contributed by atoms with Crippen molar-refractivity contribution in [1.29, 1.82) is 0 Å². The van der Waals surface area contributed by atoms with E-state index in [1.807, 2.05) is 11.4 Å². The lowest BCUT2D eigenvalue weighted by Gasteiger charge is -2.02. The molecule has 0 atom stereocenters. The Morgan fingerprint density at radius 1 is 1.22 bits per heavy atom. The molecule has 2 rings (SSSR count). The molecule has 1 heterocycles. The van der Waals surface area contributed by atoms with Gasteiger partial charge in [0.05, 0.1) is 0 Å². The highest BCUT2D eigenvalue weighted by Crippen LogP contribution is 2.21. The molecule has 0 bridgehead atoms. The zero-order chi connectivity index (χ0) is 13.1. The summed E-state index contributed by atoms with van der Waals surface area (Å²) in [6.45, 7) is 0. The fourth-order valence-corrected chi connectivity index (χ4v) is 3.06. The maximum atomic E-state index is 13.4. The molecule has 18 heavy (non-hydrogen) atoms. The molecule has 0 amide bonds. The monoisotopic (exact) mass is 330 g/mol. The van der Waals surface area contributed by atoms with Crippen molar-refractivity contribution in [2.75, 3.05) is 0 Å². The molecule has 0 radical (unpaired) electrons. The fraction of sp³-hybridized carbons (Fsp3) is 0.154. The van der Waals surface area contributed by atoms with Crippen LogP contribution in [0.3, 0.4) is 0 Å². The van der Waals surface area contributed by atoms with Gasteiger partial charge in [-0.1, -0.05) is 6.07 Å². The Morgan fingerprint density at radius 3 is 2.61 bits per heavy atom. The standard InChI is InChI=1S/C13H9BrF2OS/c14-9-4-12(18-7-9)6-11(17)3-8-1-2-10(15)5-13(8)16/h1-2,4-5,7H,3,6H2. The predicted octanol–water partition coefficient (Wildman–Crippen LogP) is 4.14. The van der Waals surface area contributed by atoms with Crippen molar-refractivity contribution >= 4 is 33.0 Å². The molecule has 1 nitrogen and oxygen atoms in total. The molecule has 94 valence electrons. The van der Waals surface area contributed by atoms with Crippen molar-refractivity contribution in [3.8, 4) is 0 Å². The third-order valence-corrected chi connectivity index (χ3v) is 4.09. The Labute approximate surface area is 116 Å². The molecule has 5 heteroatoms. The van der Waals surface area contributed by atoms with Crippen molar-refractivity contribution in [3.63, 3.8) is 0 Å². The maximum absolute atomic E-state index is 13.4. The number of hydrogen-bond donors (Lipinski definition) is 0. The van der Waals surface area contributed by atoms with Gasteiger partial charge in [-0.25, -0.2) is 8.78 Å². The van der Waals surface area contributed by atoms with Crippen LogP contribution in [0, 0.1) is 11.6 Å². The number of ketones is 1. The molecule has 1 aromatic carbocycles. The Bertz CT molecular complexity index is 580. The first-order chi connectivity index (χ1) is 8.54. The highest BCUT2D eigenvalue weighted by molar-refractivity contribution is 9.10. The van der Waals surface area contributed by atoms with Crippen LogP contribution < -0.4 is 0 Å². The molecule has 2 aromatic rings. The molecule has 0 aliphatic heterocycles. The van der Waals surface area contributed by atoms with Gasteiger partial charge < -0.3 is 0 Å². The van der Waals surface area contributed by atoms with Crippen LogP contribution in [0.15, 0.2) is 34.1 Å². The number of rotatable bonds is 4. The first kappa shape index (κ1) is 13.4. The number of carbonyl (C=O) groups is 1.